The third-order valence-corrected chi connectivity index (χ3v) is 7.41. The third kappa shape index (κ3) is 4.99. The molecule has 2 aliphatic heterocycles. The molecule has 0 bridgehead atoms. The topological polar surface area (TPSA) is 121 Å². The first-order valence-electron chi connectivity index (χ1n) is 13.0. The Morgan fingerprint density at radius 1 is 1.27 bits per heavy atom. The van der Waals surface area contributed by atoms with Crippen molar-refractivity contribution in [1.29, 1.82) is 0 Å². The van der Waals surface area contributed by atoms with E-state index < -0.39 is 5.60 Å². The fourth-order valence-corrected chi connectivity index (χ4v) is 5.09. The Morgan fingerprint density at radius 2 is 2.08 bits per heavy atom. The zero-order chi connectivity index (χ0) is 26.0. The van der Waals surface area contributed by atoms with E-state index in [2.05, 4.69) is 38.2 Å². The highest BCUT2D eigenvalue weighted by Crippen LogP contribution is 2.44. The summed E-state index contributed by atoms with van der Waals surface area (Å²) in [5.74, 6) is 2.31. The van der Waals surface area contributed by atoms with Crippen molar-refractivity contribution in [2.45, 2.75) is 50.5 Å². The summed E-state index contributed by atoms with van der Waals surface area (Å²) in [6.07, 6.45) is 10.7. The Labute approximate surface area is 217 Å². The van der Waals surface area contributed by atoms with Crippen molar-refractivity contribution in [2.75, 3.05) is 31.2 Å². The van der Waals surface area contributed by atoms with Gasteiger partial charge in [0, 0.05) is 47.6 Å². The average Bonchev–Trinajstić information content (AvgIpc) is 3.71. The molecule has 3 aliphatic rings. The number of nitrogen functional groups attached to an aromatic ring is 1. The molecule has 8 heteroatoms. The monoisotopic (exact) mass is 497 g/mol. The summed E-state index contributed by atoms with van der Waals surface area (Å²) < 4.78 is 0. The Bertz CT molecular complexity index is 1380. The van der Waals surface area contributed by atoms with Crippen LogP contribution in [0.4, 0.5) is 11.5 Å². The van der Waals surface area contributed by atoms with Crippen molar-refractivity contribution in [1.82, 2.24) is 20.3 Å². The molecule has 1 atom stereocenters. The maximum Gasteiger partial charge on any atom is 0.162 e. The largest absolute Gasteiger partial charge is 0.389 e. The summed E-state index contributed by atoms with van der Waals surface area (Å²) in [5, 5.41) is 17.1. The highest BCUT2D eigenvalue weighted by Gasteiger charge is 2.29. The summed E-state index contributed by atoms with van der Waals surface area (Å²) in [6.45, 7) is 7.90. The van der Waals surface area contributed by atoms with Crippen LogP contribution in [0.1, 0.15) is 61.9 Å². The van der Waals surface area contributed by atoms with Gasteiger partial charge in [0.05, 0.1) is 17.3 Å². The quantitative estimate of drug-likeness (QED) is 0.417. The zero-order valence-electron chi connectivity index (χ0n) is 21.6. The van der Waals surface area contributed by atoms with Gasteiger partial charge in [0.15, 0.2) is 5.82 Å². The van der Waals surface area contributed by atoms with Gasteiger partial charge in [0.1, 0.15) is 11.7 Å². The molecule has 1 aliphatic carbocycles. The van der Waals surface area contributed by atoms with Crippen LogP contribution in [0.5, 0.6) is 0 Å². The van der Waals surface area contributed by atoms with Crippen LogP contribution < -0.4 is 16.4 Å². The van der Waals surface area contributed by atoms with Crippen LogP contribution in [0.2, 0.25) is 0 Å². The summed E-state index contributed by atoms with van der Waals surface area (Å²) in [7, 11) is 1.76. The number of aliphatic imine (C=N–C) groups is 1. The lowest BCUT2D eigenvalue weighted by atomic mass is 9.92. The first-order valence-corrected chi connectivity index (χ1v) is 13.0. The first kappa shape index (κ1) is 25.0. The van der Waals surface area contributed by atoms with Gasteiger partial charge < -0.3 is 21.5 Å². The number of amidine groups is 1. The number of pyridine rings is 1. The number of anilines is 2. The highest BCUT2D eigenvalue weighted by atomic mass is 16.3. The summed E-state index contributed by atoms with van der Waals surface area (Å²) in [4.78, 5) is 18.2. The number of para-hydroxylation sites is 1. The molecule has 2 aromatic heterocycles. The minimum absolute atomic E-state index is 0.391. The van der Waals surface area contributed by atoms with Gasteiger partial charge in [0.25, 0.3) is 0 Å². The predicted molar refractivity (Wildman–Crippen MR) is 151 cm³/mol. The number of aromatic nitrogens is 3. The number of hydrogen-bond acceptors (Lipinski definition) is 7. The molecule has 0 unspecified atom stereocenters. The lowest BCUT2D eigenvalue weighted by Gasteiger charge is -2.31. The minimum Gasteiger partial charge on any atom is -0.389 e. The van der Waals surface area contributed by atoms with E-state index in [1.165, 1.54) is 12.8 Å². The SMILES string of the molecule is C=C/C(=C1\C(=NC)Nc2ccccc21)c1nc(N)c2c(C3CC3)cncc2n1.CC[C@@]1(O)CCCNC1. The molecule has 37 heavy (non-hydrogen) atoms. The Kier molecular flexibility index (Phi) is 7.04. The molecule has 2 fully saturated rings. The van der Waals surface area contributed by atoms with Crippen LogP contribution in [0.3, 0.4) is 0 Å². The molecular formula is C29H35N7O. The van der Waals surface area contributed by atoms with Crippen molar-refractivity contribution in [3.05, 3.63) is 66.3 Å². The molecule has 3 aromatic rings. The lowest BCUT2D eigenvalue weighted by molar-refractivity contribution is 0.0131. The van der Waals surface area contributed by atoms with Gasteiger partial charge >= 0.3 is 0 Å². The number of nitrogens with zero attached hydrogens (tertiary/aromatic N) is 4. The number of nitrogens with two attached hydrogens (primary N) is 1. The molecule has 5 N–H and O–H groups in total. The van der Waals surface area contributed by atoms with E-state index in [4.69, 9.17) is 10.7 Å². The second kappa shape index (κ2) is 10.4. The molecule has 8 nitrogen and oxygen atoms in total. The molecule has 1 saturated heterocycles. The number of fused-ring (bicyclic) bond motifs is 2. The number of rotatable bonds is 4. The second-order valence-corrected chi connectivity index (χ2v) is 9.92. The van der Waals surface area contributed by atoms with E-state index in [1.54, 1.807) is 19.3 Å². The standard InChI is InChI=1S/C22H20N6.C7H15NO/c1-3-13(18-14-6-4-5-7-16(14)26-22(18)24-2)21-27-17-11-25-10-15(12-8-9-12)19(17)20(23)28-21;1-2-7(9)4-3-5-8-6-7/h3-7,10-12H,1,8-9H2,2H3,(H,24,26)(H2,23,27,28);8-9H,2-6H2,1H3/b18-13+;/t;7-/m.1/s1. The third-order valence-electron chi connectivity index (χ3n) is 7.41. The maximum atomic E-state index is 9.62. The molecule has 0 spiro atoms. The van der Waals surface area contributed by atoms with Crippen molar-refractivity contribution in [2.24, 2.45) is 4.99 Å². The van der Waals surface area contributed by atoms with Gasteiger partial charge in [-0.05, 0) is 56.2 Å². The highest BCUT2D eigenvalue weighted by molar-refractivity contribution is 6.39. The molecule has 192 valence electrons. The smallest absolute Gasteiger partial charge is 0.162 e. The Hall–Kier alpha value is -3.62. The van der Waals surface area contributed by atoms with E-state index in [-0.39, 0.29) is 0 Å². The van der Waals surface area contributed by atoms with Crippen LogP contribution >= 0.6 is 0 Å². The van der Waals surface area contributed by atoms with E-state index in [0.717, 1.165) is 77.1 Å². The van der Waals surface area contributed by atoms with Gasteiger partial charge in [-0.1, -0.05) is 37.8 Å². The second-order valence-electron chi connectivity index (χ2n) is 9.92. The normalized spacial score (nSPS) is 23.2. The van der Waals surface area contributed by atoms with Gasteiger partial charge in [-0.2, -0.15) is 0 Å². The van der Waals surface area contributed by atoms with E-state index in [0.29, 0.717) is 17.6 Å². The van der Waals surface area contributed by atoms with Crippen LogP contribution in [0.25, 0.3) is 22.0 Å². The van der Waals surface area contributed by atoms with E-state index in [1.807, 2.05) is 31.3 Å². The fourth-order valence-electron chi connectivity index (χ4n) is 5.09. The summed E-state index contributed by atoms with van der Waals surface area (Å²) >= 11 is 0. The van der Waals surface area contributed by atoms with E-state index in [9.17, 15) is 5.11 Å². The molecule has 4 heterocycles. The van der Waals surface area contributed by atoms with Crippen LogP contribution in [0.15, 0.2) is 54.3 Å². The number of β-amino-alcohol motifs (C(OH)–C–C–N with tert-alkyl or cyclic N) is 1. The fraction of sp³-hybridized carbons (Fsp3) is 0.379. The van der Waals surface area contributed by atoms with Gasteiger partial charge in [-0.3, -0.25) is 9.98 Å². The Balaban J connectivity index is 0.000000265. The number of aliphatic hydroxyl groups is 1. The van der Waals surface area contributed by atoms with Crippen LogP contribution in [0, 0.1) is 0 Å². The van der Waals surface area contributed by atoms with Gasteiger partial charge in [0.2, 0.25) is 0 Å². The molecule has 1 aromatic carbocycles. The van der Waals surface area contributed by atoms with Gasteiger partial charge in [-0.25, -0.2) is 9.97 Å². The lowest BCUT2D eigenvalue weighted by Crippen LogP contribution is -2.44. The molecule has 0 radical (unpaired) electrons. The van der Waals surface area contributed by atoms with Crippen LogP contribution in [-0.4, -0.2) is 51.6 Å². The zero-order valence-corrected chi connectivity index (χ0v) is 21.6. The summed E-state index contributed by atoms with van der Waals surface area (Å²) in [5.41, 5.74) is 11.7. The Morgan fingerprint density at radius 3 is 2.73 bits per heavy atom. The number of nitrogens with one attached hydrogen (secondary N) is 2. The van der Waals surface area contributed by atoms with Crippen molar-refractivity contribution in [3.8, 4) is 0 Å². The molecule has 0 amide bonds. The van der Waals surface area contributed by atoms with Crippen molar-refractivity contribution < 1.29 is 5.11 Å². The molecule has 6 rings (SSSR count). The van der Waals surface area contributed by atoms with Crippen LogP contribution in [-0.2, 0) is 0 Å². The number of benzene rings is 1. The molecule has 1 saturated carbocycles. The summed E-state index contributed by atoms with van der Waals surface area (Å²) in [6, 6.07) is 8.07. The number of hydrogen-bond donors (Lipinski definition) is 4. The number of allylic oxidation sites excluding steroid dienone is 2. The van der Waals surface area contributed by atoms with Crippen molar-refractivity contribution >= 4 is 39.4 Å². The van der Waals surface area contributed by atoms with E-state index >= 15 is 0 Å². The van der Waals surface area contributed by atoms with Crippen molar-refractivity contribution in [3.63, 3.8) is 0 Å². The molecular weight excluding hydrogens is 462 g/mol. The maximum absolute atomic E-state index is 9.62. The average molecular weight is 498 g/mol. The number of piperidine rings is 1. The first-order chi connectivity index (χ1) is 18.0. The van der Waals surface area contributed by atoms with Gasteiger partial charge in [-0.15, -0.1) is 0 Å². The predicted octanol–water partition coefficient (Wildman–Crippen LogP) is 4.55. The minimum atomic E-state index is -0.391.